The molecule has 0 saturated carbocycles. The first-order valence-corrected chi connectivity index (χ1v) is 10.4. The van der Waals surface area contributed by atoms with Gasteiger partial charge in [-0.2, -0.15) is 0 Å². The smallest absolute Gasteiger partial charge is 0.228 e. The Bertz CT molecular complexity index is 1180. The first kappa shape index (κ1) is 19.3. The molecule has 0 aliphatic rings. The fourth-order valence-corrected chi connectivity index (χ4v) is 4.26. The summed E-state index contributed by atoms with van der Waals surface area (Å²) in [5, 5.41) is 3.97. The number of carbonyl (C=O) groups excluding carboxylic acids is 1. The number of hydrogen-bond donors (Lipinski definition) is 1. The molecular formula is C25H23NO2S. The maximum absolute atomic E-state index is 12.5. The largest absolute Gasteiger partial charge is 0.464 e. The Balaban J connectivity index is 1.41. The van der Waals surface area contributed by atoms with E-state index in [0.717, 1.165) is 32.7 Å². The standard InChI is InChI=1S/C25H23NO2S/c1-16-5-11-22-19(15-28-23(22)12-16)14-25(27)26-20-7-9-21(10-8-20)29-24-13-17(2)4-6-18(24)3/h4-13,15H,14H2,1-3H3,(H,26,27). The highest BCUT2D eigenvalue weighted by atomic mass is 32.2. The molecule has 0 atom stereocenters. The normalized spacial score (nSPS) is 11.0. The van der Waals surface area contributed by atoms with Crippen molar-refractivity contribution in [2.45, 2.75) is 37.0 Å². The van der Waals surface area contributed by atoms with Crippen LogP contribution in [0.4, 0.5) is 5.69 Å². The number of aryl methyl sites for hydroxylation is 3. The molecule has 1 N–H and O–H groups in total. The second-order valence-corrected chi connectivity index (χ2v) is 8.50. The van der Waals surface area contributed by atoms with Gasteiger partial charge < -0.3 is 9.73 Å². The third kappa shape index (κ3) is 4.54. The minimum Gasteiger partial charge on any atom is -0.464 e. The van der Waals surface area contributed by atoms with Crippen LogP contribution in [0, 0.1) is 20.8 Å². The second kappa shape index (κ2) is 8.18. The van der Waals surface area contributed by atoms with E-state index in [2.05, 4.69) is 37.4 Å². The van der Waals surface area contributed by atoms with Gasteiger partial charge in [0, 0.05) is 26.4 Å². The van der Waals surface area contributed by atoms with Crippen molar-refractivity contribution in [3.05, 3.63) is 89.2 Å². The molecule has 1 amide bonds. The summed E-state index contributed by atoms with van der Waals surface area (Å²) >= 11 is 1.74. The zero-order chi connectivity index (χ0) is 20.4. The summed E-state index contributed by atoms with van der Waals surface area (Å²) in [6.45, 7) is 6.25. The Labute approximate surface area is 175 Å². The Morgan fingerprint density at radius 3 is 2.45 bits per heavy atom. The molecule has 0 unspecified atom stereocenters. The third-order valence-corrected chi connectivity index (χ3v) is 6.04. The predicted molar refractivity (Wildman–Crippen MR) is 120 cm³/mol. The molecule has 0 radical (unpaired) electrons. The summed E-state index contributed by atoms with van der Waals surface area (Å²) in [7, 11) is 0. The van der Waals surface area contributed by atoms with E-state index >= 15 is 0 Å². The maximum atomic E-state index is 12.5. The van der Waals surface area contributed by atoms with Gasteiger partial charge in [0.05, 0.1) is 12.7 Å². The molecule has 0 spiro atoms. The van der Waals surface area contributed by atoms with Crippen molar-refractivity contribution in [2.75, 3.05) is 5.32 Å². The van der Waals surface area contributed by atoms with Gasteiger partial charge >= 0.3 is 0 Å². The Hall–Kier alpha value is -2.98. The first-order valence-electron chi connectivity index (χ1n) is 9.60. The second-order valence-electron chi connectivity index (χ2n) is 7.38. The molecule has 0 bridgehead atoms. The molecule has 4 aromatic rings. The Kier molecular flexibility index (Phi) is 5.45. The van der Waals surface area contributed by atoms with E-state index in [4.69, 9.17) is 4.42 Å². The molecule has 1 heterocycles. The number of fused-ring (bicyclic) bond motifs is 1. The molecule has 3 nitrogen and oxygen atoms in total. The third-order valence-electron chi connectivity index (χ3n) is 4.87. The topological polar surface area (TPSA) is 42.2 Å². The molecule has 1 aromatic heterocycles. The van der Waals surface area contributed by atoms with Gasteiger partial charge in [-0.05, 0) is 73.9 Å². The molecular weight excluding hydrogens is 378 g/mol. The number of furan rings is 1. The van der Waals surface area contributed by atoms with Crippen molar-refractivity contribution in [2.24, 2.45) is 0 Å². The van der Waals surface area contributed by atoms with Crippen molar-refractivity contribution in [1.82, 2.24) is 0 Å². The Morgan fingerprint density at radius 2 is 1.66 bits per heavy atom. The molecule has 4 rings (SSSR count). The van der Waals surface area contributed by atoms with Crippen molar-refractivity contribution in [1.29, 1.82) is 0 Å². The summed E-state index contributed by atoms with van der Waals surface area (Å²) in [5.74, 6) is -0.0526. The lowest BCUT2D eigenvalue weighted by Crippen LogP contribution is -2.14. The number of amides is 1. The van der Waals surface area contributed by atoms with E-state index in [1.54, 1.807) is 18.0 Å². The minimum atomic E-state index is -0.0526. The predicted octanol–water partition coefficient (Wildman–Crippen LogP) is 6.69. The van der Waals surface area contributed by atoms with Crippen LogP contribution in [-0.2, 0) is 11.2 Å². The molecule has 0 aliphatic carbocycles. The van der Waals surface area contributed by atoms with Gasteiger partial charge in [0.2, 0.25) is 5.91 Å². The van der Waals surface area contributed by atoms with Crippen LogP contribution in [0.2, 0.25) is 0 Å². The fraction of sp³-hybridized carbons (Fsp3) is 0.160. The van der Waals surface area contributed by atoms with Crippen molar-refractivity contribution in [3.8, 4) is 0 Å². The molecule has 146 valence electrons. The number of anilines is 1. The van der Waals surface area contributed by atoms with Crippen LogP contribution in [0.1, 0.15) is 22.3 Å². The van der Waals surface area contributed by atoms with E-state index in [9.17, 15) is 4.79 Å². The molecule has 0 fully saturated rings. The van der Waals surface area contributed by atoms with Gasteiger partial charge in [-0.25, -0.2) is 0 Å². The van der Waals surface area contributed by atoms with Crippen molar-refractivity contribution in [3.63, 3.8) is 0 Å². The first-order chi connectivity index (χ1) is 14.0. The van der Waals surface area contributed by atoms with E-state index < -0.39 is 0 Å². The monoisotopic (exact) mass is 401 g/mol. The van der Waals surface area contributed by atoms with Crippen LogP contribution in [0.3, 0.4) is 0 Å². The fourth-order valence-electron chi connectivity index (χ4n) is 3.26. The Morgan fingerprint density at radius 1 is 0.931 bits per heavy atom. The number of benzene rings is 3. The summed E-state index contributed by atoms with van der Waals surface area (Å²) in [5.41, 5.74) is 6.18. The van der Waals surface area contributed by atoms with Crippen LogP contribution in [0.5, 0.6) is 0 Å². The van der Waals surface area contributed by atoms with Crippen molar-refractivity contribution >= 4 is 34.3 Å². The lowest BCUT2D eigenvalue weighted by molar-refractivity contribution is -0.115. The summed E-state index contributed by atoms with van der Waals surface area (Å²) in [4.78, 5) is 14.9. The average molecular weight is 402 g/mol. The van der Waals surface area contributed by atoms with Gasteiger partial charge in [-0.1, -0.05) is 36.0 Å². The molecule has 29 heavy (non-hydrogen) atoms. The van der Waals surface area contributed by atoms with Crippen LogP contribution >= 0.6 is 11.8 Å². The maximum Gasteiger partial charge on any atom is 0.228 e. The van der Waals surface area contributed by atoms with Crippen LogP contribution in [0.15, 0.2) is 81.1 Å². The van der Waals surface area contributed by atoms with Gasteiger partial charge in [-0.15, -0.1) is 0 Å². The zero-order valence-electron chi connectivity index (χ0n) is 16.8. The highest BCUT2D eigenvalue weighted by molar-refractivity contribution is 7.99. The highest BCUT2D eigenvalue weighted by Crippen LogP contribution is 2.31. The SMILES string of the molecule is Cc1ccc(C)c(Sc2ccc(NC(=O)Cc3coc4cc(C)ccc34)cc2)c1. The summed E-state index contributed by atoms with van der Waals surface area (Å²) in [6.07, 6.45) is 1.96. The molecule has 0 saturated heterocycles. The van der Waals surface area contributed by atoms with Crippen LogP contribution in [0.25, 0.3) is 11.0 Å². The highest BCUT2D eigenvalue weighted by Gasteiger charge is 2.11. The van der Waals surface area contributed by atoms with E-state index in [1.165, 1.54) is 16.0 Å². The molecule has 3 aromatic carbocycles. The number of rotatable bonds is 5. The van der Waals surface area contributed by atoms with E-state index in [-0.39, 0.29) is 12.3 Å². The quantitative estimate of drug-likeness (QED) is 0.405. The minimum absolute atomic E-state index is 0.0526. The van der Waals surface area contributed by atoms with Gasteiger partial charge in [-0.3, -0.25) is 4.79 Å². The van der Waals surface area contributed by atoms with Gasteiger partial charge in [0.15, 0.2) is 0 Å². The number of nitrogens with one attached hydrogen (secondary N) is 1. The summed E-state index contributed by atoms with van der Waals surface area (Å²) < 4.78 is 5.59. The van der Waals surface area contributed by atoms with Gasteiger partial charge in [0.1, 0.15) is 5.58 Å². The summed E-state index contributed by atoms with van der Waals surface area (Å²) in [6, 6.07) is 20.5. The van der Waals surface area contributed by atoms with Crippen molar-refractivity contribution < 1.29 is 9.21 Å². The number of carbonyl (C=O) groups is 1. The van der Waals surface area contributed by atoms with Crippen LogP contribution < -0.4 is 5.32 Å². The lowest BCUT2D eigenvalue weighted by atomic mass is 10.1. The lowest BCUT2D eigenvalue weighted by Gasteiger charge is -2.08. The molecule has 4 heteroatoms. The van der Waals surface area contributed by atoms with Gasteiger partial charge in [0.25, 0.3) is 0 Å². The molecule has 0 aliphatic heterocycles. The average Bonchev–Trinajstić information content (AvgIpc) is 3.08. The van der Waals surface area contributed by atoms with E-state index in [1.807, 2.05) is 49.4 Å². The van der Waals surface area contributed by atoms with Crippen LogP contribution in [-0.4, -0.2) is 5.91 Å². The number of hydrogen-bond acceptors (Lipinski definition) is 3. The van der Waals surface area contributed by atoms with E-state index in [0.29, 0.717) is 0 Å². The zero-order valence-corrected chi connectivity index (χ0v) is 17.6.